The second-order valence-electron chi connectivity index (χ2n) is 9.55. The van der Waals surface area contributed by atoms with Crippen LogP contribution in [0.25, 0.3) is 0 Å². The standard InChI is InChI=1S/C29H35N3O3/c1-32-29-23(26(27(29)31)34-18-21-13-7-3-8-14-21)25(33-17-20-11-5-2-6-12-20)24(30)28(29)35-19-22-15-9-4-10-16-22/h2-16,23-28,32H,17-19,30-31H2,1H3. The van der Waals surface area contributed by atoms with Gasteiger partial charge in [0.05, 0.1) is 55.8 Å². The van der Waals surface area contributed by atoms with Gasteiger partial charge < -0.3 is 31.0 Å². The second kappa shape index (κ2) is 10.6. The summed E-state index contributed by atoms with van der Waals surface area (Å²) in [6, 6.07) is 29.8. The fourth-order valence-electron chi connectivity index (χ4n) is 5.88. The first-order valence-electron chi connectivity index (χ1n) is 12.3. The summed E-state index contributed by atoms with van der Waals surface area (Å²) >= 11 is 0. The number of rotatable bonds is 10. The Morgan fingerprint density at radius 1 is 0.657 bits per heavy atom. The zero-order valence-corrected chi connectivity index (χ0v) is 20.1. The predicted octanol–water partition coefficient (Wildman–Crippen LogP) is 3.00. The molecule has 184 valence electrons. The summed E-state index contributed by atoms with van der Waals surface area (Å²) in [5, 5.41) is 3.51. The summed E-state index contributed by atoms with van der Waals surface area (Å²) in [7, 11) is 1.94. The van der Waals surface area contributed by atoms with E-state index in [1.165, 1.54) is 0 Å². The van der Waals surface area contributed by atoms with Crippen molar-refractivity contribution < 1.29 is 14.2 Å². The molecule has 3 aromatic rings. The molecule has 0 spiro atoms. The third-order valence-corrected chi connectivity index (χ3v) is 7.64. The Bertz CT molecular complexity index is 1070. The molecule has 6 nitrogen and oxygen atoms in total. The summed E-state index contributed by atoms with van der Waals surface area (Å²) in [5.41, 5.74) is 16.5. The zero-order valence-electron chi connectivity index (χ0n) is 20.1. The first-order valence-corrected chi connectivity index (χ1v) is 12.3. The molecule has 5 rings (SSSR count). The largest absolute Gasteiger partial charge is 0.371 e. The third kappa shape index (κ3) is 4.54. The maximum atomic E-state index is 6.86. The van der Waals surface area contributed by atoms with Crippen LogP contribution in [0, 0.1) is 5.92 Å². The van der Waals surface area contributed by atoms with E-state index in [0.29, 0.717) is 19.8 Å². The number of nitrogens with one attached hydrogen (secondary N) is 1. The molecule has 7 unspecified atom stereocenters. The highest BCUT2D eigenvalue weighted by Crippen LogP contribution is 2.53. The van der Waals surface area contributed by atoms with Gasteiger partial charge in [-0.1, -0.05) is 91.0 Å². The van der Waals surface area contributed by atoms with E-state index in [1.54, 1.807) is 0 Å². The summed E-state index contributed by atoms with van der Waals surface area (Å²) in [4.78, 5) is 0. The summed E-state index contributed by atoms with van der Waals surface area (Å²) in [5.74, 6) is -0.0364. The van der Waals surface area contributed by atoms with Crippen molar-refractivity contribution in [2.24, 2.45) is 17.4 Å². The van der Waals surface area contributed by atoms with Gasteiger partial charge in [-0.15, -0.1) is 0 Å². The van der Waals surface area contributed by atoms with E-state index in [4.69, 9.17) is 25.7 Å². The predicted molar refractivity (Wildman–Crippen MR) is 136 cm³/mol. The Kier molecular flexibility index (Phi) is 7.29. The molecule has 35 heavy (non-hydrogen) atoms. The number of benzene rings is 3. The van der Waals surface area contributed by atoms with Gasteiger partial charge in [0.15, 0.2) is 0 Å². The van der Waals surface area contributed by atoms with Crippen molar-refractivity contribution in [2.45, 2.75) is 55.8 Å². The summed E-state index contributed by atoms with van der Waals surface area (Å²) in [6.07, 6.45) is -0.770. The van der Waals surface area contributed by atoms with Crippen LogP contribution in [0.3, 0.4) is 0 Å². The van der Waals surface area contributed by atoms with E-state index in [1.807, 2.05) is 61.6 Å². The highest BCUT2D eigenvalue weighted by atomic mass is 16.5. The zero-order chi connectivity index (χ0) is 24.3. The molecule has 0 radical (unpaired) electrons. The van der Waals surface area contributed by atoms with Gasteiger partial charge in [-0.2, -0.15) is 0 Å². The summed E-state index contributed by atoms with van der Waals surface area (Å²) < 4.78 is 19.4. The molecule has 6 heteroatoms. The minimum Gasteiger partial charge on any atom is -0.371 e. The van der Waals surface area contributed by atoms with Crippen LogP contribution in [0.5, 0.6) is 0 Å². The van der Waals surface area contributed by atoms with Crippen molar-refractivity contribution >= 4 is 0 Å². The summed E-state index contributed by atoms with van der Waals surface area (Å²) in [6.45, 7) is 1.43. The van der Waals surface area contributed by atoms with Crippen LogP contribution in [0.2, 0.25) is 0 Å². The second-order valence-corrected chi connectivity index (χ2v) is 9.55. The van der Waals surface area contributed by atoms with Crippen LogP contribution in [0.1, 0.15) is 16.7 Å². The average Bonchev–Trinajstić information content (AvgIpc) is 3.12. The van der Waals surface area contributed by atoms with Gasteiger partial charge in [0.2, 0.25) is 0 Å². The van der Waals surface area contributed by atoms with E-state index in [0.717, 1.165) is 16.7 Å². The SMILES string of the molecule is CNC12C(N)C(OCc3ccccc3)C1C(OCc1ccccc1)C(N)C2OCc1ccccc1. The lowest BCUT2D eigenvalue weighted by Gasteiger charge is -2.58. The van der Waals surface area contributed by atoms with Crippen LogP contribution in [-0.4, -0.2) is 43.0 Å². The minimum atomic E-state index is -0.531. The lowest BCUT2D eigenvalue weighted by atomic mass is 9.60. The molecule has 7 atom stereocenters. The molecule has 2 aliphatic rings. The average molecular weight is 474 g/mol. The lowest BCUT2D eigenvalue weighted by molar-refractivity contribution is -0.180. The molecular weight excluding hydrogens is 438 g/mol. The fraction of sp³-hybridized carbons (Fsp3) is 0.379. The number of likely N-dealkylation sites (N-methyl/N-ethyl adjacent to an activating group) is 1. The van der Waals surface area contributed by atoms with Gasteiger partial charge in [-0.3, -0.25) is 0 Å². The monoisotopic (exact) mass is 473 g/mol. The molecule has 2 saturated carbocycles. The molecule has 0 aliphatic heterocycles. The van der Waals surface area contributed by atoms with E-state index in [9.17, 15) is 0 Å². The van der Waals surface area contributed by atoms with E-state index < -0.39 is 5.54 Å². The molecule has 2 fully saturated rings. The van der Waals surface area contributed by atoms with Crippen molar-refractivity contribution in [3.8, 4) is 0 Å². The Balaban J connectivity index is 1.37. The maximum Gasteiger partial charge on any atom is 0.0957 e. The smallest absolute Gasteiger partial charge is 0.0957 e. The minimum absolute atomic E-state index is 0.0364. The van der Waals surface area contributed by atoms with E-state index >= 15 is 0 Å². The topological polar surface area (TPSA) is 91.8 Å². The quantitative estimate of drug-likeness (QED) is 0.419. The maximum absolute atomic E-state index is 6.86. The molecule has 0 heterocycles. The number of fused-ring (bicyclic) bond motifs is 1. The fourth-order valence-corrected chi connectivity index (χ4v) is 5.88. The first-order chi connectivity index (χ1) is 17.1. The molecular formula is C29H35N3O3. The molecule has 5 N–H and O–H groups in total. The van der Waals surface area contributed by atoms with Gasteiger partial charge in [0.25, 0.3) is 0 Å². The van der Waals surface area contributed by atoms with E-state index in [-0.39, 0.29) is 36.3 Å². The highest BCUT2D eigenvalue weighted by Gasteiger charge is 2.74. The number of ether oxygens (including phenoxy) is 3. The van der Waals surface area contributed by atoms with Crippen LogP contribution >= 0.6 is 0 Å². The first kappa shape index (κ1) is 24.1. The van der Waals surface area contributed by atoms with Gasteiger partial charge in [0, 0.05) is 5.92 Å². The Hall–Kier alpha value is -2.58. The molecule has 0 aromatic heterocycles. The molecule has 3 aromatic carbocycles. The van der Waals surface area contributed by atoms with Gasteiger partial charge >= 0.3 is 0 Å². The number of hydrogen-bond acceptors (Lipinski definition) is 6. The van der Waals surface area contributed by atoms with Crippen molar-refractivity contribution in [1.29, 1.82) is 0 Å². The van der Waals surface area contributed by atoms with Gasteiger partial charge in [-0.25, -0.2) is 0 Å². The Morgan fingerprint density at radius 3 is 1.54 bits per heavy atom. The van der Waals surface area contributed by atoms with Crippen molar-refractivity contribution in [1.82, 2.24) is 5.32 Å². The van der Waals surface area contributed by atoms with Crippen LogP contribution in [0.15, 0.2) is 91.0 Å². The molecule has 0 bridgehead atoms. The van der Waals surface area contributed by atoms with Crippen molar-refractivity contribution in [2.75, 3.05) is 7.05 Å². The Morgan fingerprint density at radius 2 is 1.09 bits per heavy atom. The van der Waals surface area contributed by atoms with Gasteiger partial charge in [0.1, 0.15) is 0 Å². The molecule has 0 amide bonds. The van der Waals surface area contributed by atoms with Crippen molar-refractivity contribution in [3.63, 3.8) is 0 Å². The van der Waals surface area contributed by atoms with Gasteiger partial charge in [-0.05, 0) is 23.7 Å². The lowest BCUT2D eigenvalue weighted by Crippen LogP contribution is -2.82. The number of nitrogens with two attached hydrogens (primary N) is 2. The molecule has 2 aliphatic carbocycles. The van der Waals surface area contributed by atoms with Crippen molar-refractivity contribution in [3.05, 3.63) is 108 Å². The van der Waals surface area contributed by atoms with E-state index in [2.05, 4.69) is 41.7 Å². The Labute approximate surface area is 207 Å². The normalized spacial score (nSPS) is 31.6. The van der Waals surface area contributed by atoms with Crippen LogP contribution in [0.4, 0.5) is 0 Å². The van der Waals surface area contributed by atoms with Crippen LogP contribution in [-0.2, 0) is 34.0 Å². The number of hydrogen-bond donors (Lipinski definition) is 3. The third-order valence-electron chi connectivity index (χ3n) is 7.64. The highest BCUT2D eigenvalue weighted by molar-refractivity contribution is 5.32. The molecule has 0 saturated heterocycles. The van der Waals surface area contributed by atoms with Crippen LogP contribution < -0.4 is 16.8 Å².